The van der Waals surface area contributed by atoms with Crippen LogP contribution in [0.1, 0.15) is 19.3 Å². The summed E-state index contributed by atoms with van der Waals surface area (Å²) < 4.78 is 24.4. The van der Waals surface area contributed by atoms with E-state index in [0.29, 0.717) is 24.3 Å². The summed E-state index contributed by atoms with van der Waals surface area (Å²) in [4.78, 5) is 11.6. The van der Waals surface area contributed by atoms with Crippen molar-refractivity contribution in [3.63, 3.8) is 0 Å². The van der Waals surface area contributed by atoms with Crippen molar-refractivity contribution in [3.8, 4) is 0 Å². The van der Waals surface area contributed by atoms with E-state index < -0.39 is 15.1 Å². The van der Waals surface area contributed by atoms with Crippen LogP contribution in [0.15, 0.2) is 23.1 Å². The molecule has 0 aromatic heterocycles. The van der Waals surface area contributed by atoms with E-state index in [9.17, 15) is 13.2 Å². The largest absolute Gasteiger partial charge is 0.298 e. The first-order valence-corrected chi connectivity index (χ1v) is 7.45. The number of benzene rings is 1. The van der Waals surface area contributed by atoms with Crippen LogP contribution in [0.5, 0.6) is 0 Å². The van der Waals surface area contributed by atoms with Gasteiger partial charge < -0.3 is 0 Å². The molecular formula is C11H10Cl2O3S. The lowest BCUT2D eigenvalue weighted by atomic mass is 10.3. The Hall–Kier alpha value is -0.580. The number of sulfone groups is 1. The Labute approximate surface area is 110 Å². The van der Waals surface area contributed by atoms with Gasteiger partial charge in [0.25, 0.3) is 0 Å². The molecule has 0 heterocycles. The maximum Gasteiger partial charge on any atom is 0.188 e. The van der Waals surface area contributed by atoms with Gasteiger partial charge in [-0.3, -0.25) is 4.79 Å². The molecule has 6 heteroatoms. The van der Waals surface area contributed by atoms with E-state index in [-0.39, 0.29) is 15.7 Å². The van der Waals surface area contributed by atoms with Crippen LogP contribution in [0.2, 0.25) is 10.0 Å². The van der Waals surface area contributed by atoms with Crippen LogP contribution in [-0.4, -0.2) is 19.5 Å². The van der Waals surface area contributed by atoms with E-state index in [1.807, 2.05) is 0 Å². The molecule has 1 unspecified atom stereocenters. The molecule has 0 radical (unpaired) electrons. The Morgan fingerprint density at radius 2 is 1.88 bits per heavy atom. The Morgan fingerprint density at radius 1 is 1.18 bits per heavy atom. The van der Waals surface area contributed by atoms with Gasteiger partial charge in [-0.2, -0.15) is 0 Å². The highest BCUT2D eigenvalue weighted by Crippen LogP contribution is 2.30. The molecule has 0 amide bonds. The number of carbonyl (C=O) groups excluding carboxylic acids is 1. The molecule has 0 saturated heterocycles. The van der Waals surface area contributed by atoms with Crippen molar-refractivity contribution in [2.45, 2.75) is 29.4 Å². The highest BCUT2D eigenvalue weighted by Gasteiger charge is 2.37. The molecule has 1 aromatic rings. The zero-order chi connectivity index (χ0) is 12.6. The fourth-order valence-corrected chi connectivity index (χ4v) is 4.10. The van der Waals surface area contributed by atoms with Crippen molar-refractivity contribution in [1.82, 2.24) is 0 Å². The molecule has 3 nitrogen and oxygen atoms in total. The number of hydrogen-bond acceptors (Lipinski definition) is 3. The van der Waals surface area contributed by atoms with Crippen molar-refractivity contribution in [3.05, 3.63) is 28.2 Å². The first kappa shape index (κ1) is 12.9. The van der Waals surface area contributed by atoms with Crippen LogP contribution in [0.25, 0.3) is 0 Å². The molecule has 1 saturated carbocycles. The Bertz CT molecular complexity index is 566. The van der Waals surface area contributed by atoms with Gasteiger partial charge in [0.2, 0.25) is 0 Å². The molecule has 0 bridgehead atoms. The van der Waals surface area contributed by atoms with Gasteiger partial charge in [-0.15, -0.1) is 0 Å². The molecule has 1 aliphatic carbocycles. The van der Waals surface area contributed by atoms with Gasteiger partial charge >= 0.3 is 0 Å². The first-order valence-electron chi connectivity index (χ1n) is 5.14. The molecule has 92 valence electrons. The Balaban J connectivity index is 2.44. The summed E-state index contributed by atoms with van der Waals surface area (Å²) in [5, 5.41) is -0.443. The van der Waals surface area contributed by atoms with E-state index in [1.165, 1.54) is 18.2 Å². The van der Waals surface area contributed by atoms with Crippen molar-refractivity contribution < 1.29 is 13.2 Å². The number of hydrogen-bond donors (Lipinski definition) is 0. The van der Waals surface area contributed by atoms with Crippen LogP contribution in [0.3, 0.4) is 0 Å². The zero-order valence-electron chi connectivity index (χ0n) is 8.82. The summed E-state index contributed by atoms with van der Waals surface area (Å²) in [6, 6.07) is 4.11. The lowest BCUT2D eigenvalue weighted by molar-refractivity contribution is -0.117. The fourth-order valence-electron chi connectivity index (χ4n) is 1.93. The average molecular weight is 293 g/mol. The van der Waals surface area contributed by atoms with Gasteiger partial charge in [0.1, 0.15) is 5.25 Å². The van der Waals surface area contributed by atoms with Crippen molar-refractivity contribution in [2.75, 3.05) is 0 Å². The van der Waals surface area contributed by atoms with Gasteiger partial charge in [-0.1, -0.05) is 23.2 Å². The highest BCUT2D eigenvalue weighted by molar-refractivity contribution is 7.92. The van der Waals surface area contributed by atoms with Crippen LogP contribution >= 0.6 is 23.2 Å². The van der Waals surface area contributed by atoms with Gasteiger partial charge in [0.05, 0.1) is 14.9 Å². The predicted molar refractivity (Wildman–Crippen MR) is 66.3 cm³/mol. The predicted octanol–water partition coefficient (Wildman–Crippen LogP) is 2.89. The number of ketones is 1. The van der Waals surface area contributed by atoms with Crippen LogP contribution in [0.4, 0.5) is 0 Å². The average Bonchev–Trinajstić information content (AvgIpc) is 2.69. The summed E-state index contributed by atoms with van der Waals surface area (Å²) in [6.45, 7) is 0. The molecule has 17 heavy (non-hydrogen) atoms. The SMILES string of the molecule is O=C1CCCC1S(=O)(=O)c1ccc(Cl)c(Cl)c1. The summed E-state index contributed by atoms with van der Waals surface area (Å²) in [5.41, 5.74) is 0. The monoisotopic (exact) mass is 292 g/mol. The maximum absolute atomic E-state index is 12.2. The normalized spacial score (nSPS) is 20.8. The number of Topliss-reactive ketones (excluding diaryl/α,β-unsaturated/α-hetero) is 1. The van der Waals surface area contributed by atoms with Gasteiger partial charge in [-0.05, 0) is 31.0 Å². The third kappa shape index (κ3) is 2.34. The molecule has 0 spiro atoms. The first-order chi connectivity index (χ1) is 7.93. The van der Waals surface area contributed by atoms with Crippen LogP contribution in [-0.2, 0) is 14.6 Å². The van der Waals surface area contributed by atoms with Gasteiger partial charge in [0.15, 0.2) is 15.6 Å². The highest BCUT2D eigenvalue weighted by atomic mass is 35.5. The molecular weight excluding hydrogens is 283 g/mol. The molecule has 2 rings (SSSR count). The molecule has 1 aliphatic rings. The minimum atomic E-state index is -3.62. The van der Waals surface area contributed by atoms with Crippen molar-refractivity contribution in [2.24, 2.45) is 0 Å². The van der Waals surface area contributed by atoms with Crippen LogP contribution < -0.4 is 0 Å². The van der Waals surface area contributed by atoms with E-state index in [4.69, 9.17) is 23.2 Å². The van der Waals surface area contributed by atoms with Crippen LogP contribution in [0, 0.1) is 0 Å². The van der Waals surface area contributed by atoms with E-state index in [1.54, 1.807) is 0 Å². The second-order valence-electron chi connectivity index (χ2n) is 3.97. The quantitative estimate of drug-likeness (QED) is 0.842. The smallest absolute Gasteiger partial charge is 0.188 e. The molecule has 1 fully saturated rings. The van der Waals surface area contributed by atoms with Crippen molar-refractivity contribution in [1.29, 1.82) is 0 Å². The summed E-state index contributed by atoms with van der Waals surface area (Å²) in [5.74, 6) is -0.212. The van der Waals surface area contributed by atoms with Gasteiger partial charge in [0, 0.05) is 6.42 Å². The third-order valence-corrected chi connectivity index (χ3v) is 5.74. The number of rotatable bonds is 2. The van der Waals surface area contributed by atoms with E-state index in [0.717, 1.165) is 0 Å². The standard InChI is InChI=1S/C11H10Cl2O3S/c12-8-5-4-7(6-9(8)13)17(15,16)11-3-1-2-10(11)14/h4-6,11H,1-3H2. The Kier molecular flexibility index (Phi) is 3.48. The minimum absolute atomic E-state index is 0.0622. The number of carbonyl (C=O) groups is 1. The molecule has 0 N–H and O–H groups in total. The van der Waals surface area contributed by atoms with Gasteiger partial charge in [-0.25, -0.2) is 8.42 Å². The van der Waals surface area contributed by atoms with E-state index in [2.05, 4.69) is 0 Å². The summed E-state index contributed by atoms with van der Waals surface area (Å²) in [6.07, 6.45) is 1.36. The van der Waals surface area contributed by atoms with Crippen molar-refractivity contribution >= 4 is 38.8 Å². The minimum Gasteiger partial charge on any atom is -0.298 e. The number of halogens is 2. The Morgan fingerprint density at radius 3 is 2.41 bits per heavy atom. The second-order valence-corrected chi connectivity index (χ2v) is 6.91. The molecule has 1 aromatic carbocycles. The summed E-state index contributed by atoms with van der Waals surface area (Å²) in [7, 11) is -3.62. The fraction of sp³-hybridized carbons (Fsp3) is 0.364. The maximum atomic E-state index is 12.2. The van der Waals surface area contributed by atoms with E-state index >= 15 is 0 Å². The summed E-state index contributed by atoms with van der Waals surface area (Å²) >= 11 is 11.5. The molecule has 1 atom stereocenters. The zero-order valence-corrected chi connectivity index (χ0v) is 11.1. The molecule has 0 aliphatic heterocycles. The lowest BCUT2D eigenvalue weighted by Gasteiger charge is -2.10. The topological polar surface area (TPSA) is 51.2 Å². The second kappa shape index (κ2) is 4.59. The third-order valence-electron chi connectivity index (χ3n) is 2.84. The lowest BCUT2D eigenvalue weighted by Crippen LogP contribution is -2.25.